The van der Waals surface area contributed by atoms with Gasteiger partial charge in [0.1, 0.15) is 0 Å². The number of rotatable bonds is 3. The van der Waals surface area contributed by atoms with E-state index in [1.807, 2.05) is 0 Å². The molecule has 0 saturated heterocycles. The molecule has 19 heavy (non-hydrogen) atoms. The minimum absolute atomic E-state index is 0.0762. The van der Waals surface area contributed by atoms with E-state index in [1.54, 1.807) is 13.8 Å². The number of halogens is 4. The monoisotopic (exact) mass is 338 g/mol. The highest BCUT2D eigenvalue weighted by molar-refractivity contribution is 9.10. The number of hydrogen-bond acceptors (Lipinski definition) is 2. The lowest BCUT2D eigenvalue weighted by atomic mass is 10.0. The van der Waals surface area contributed by atoms with Crippen LogP contribution in [0.4, 0.5) is 18.9 Å². The Balaban J connectivity index is 2.98. The quantitative estimate of drug-likeness (QED) is 0.887. The summed E-state index contributed by atoms with van der Waals surface area (Å²) >= 11 is 3.10. The van der Waals surface area contributed by atoms with Gasteiger partial charge in [0.15, 0.2) is 0 Å². The zero-order chi connectivity index (χ0) is 14.8. The first-order valence-corrected chi connectivity index (χ1v) is 6.35. The Labute approximate surface area is 117 Å². The molecule has 0 saturated carbocycles. The van der Waals surface area contributed by atoms with Crippen LogP contribution < -0.4 is 11.1 Å². The molecule has 1 aromatic carbocycles. The molecule has 0 fully saturated rings. The number of nitrogens with two attached hydrogens (primary N) is 1. The van der Waals surface area contributed by atoms with E-state index in [0.717, 1.165) is 12.1 Å². The minimum atomic E-state index is -4.45. The van der Waals surface area contributed by atoms with Crippen LogP contribution in [0.2, 0.25) is 0 Å². The van der Waals surface area contributed by atoms with E-state index in [2.05, 4.69) is 21.2 Å². The van der Waals surface area contributed by atoms with Gasteiger partial charge in [0.25, 0.3) is 0 Å². The molecule has 106 valence electrons. The first-order chi connectivity index (χ1) is 8.62. The normalized spacial score (nSPS) is 14.9. The summed E-state index contributed by atoms with van der Waals surface area (Å²) in [5.74, 6) is -0.920. The van der Waals surface area contributed by atoms with Crippen molar-refractivity contribution in [1.82, 2.24) is 0 Å². The SMILES string of the molecule is CC(N)C(C)C(=O)Nc1cc(C(F)(F)F)ccc1Br. The molecule has 3 N–H and O–H groups in total. The number of alkyl halides is 3. The maximum Gasteiger partial charge on any atom is 0.416 e. The van der Waals surface area contributed by atoms with E-state index in [9.17, 15) is 18.0 Å². The number of carbonyl (C=O) groups is 1. The molecule has 0 bridgehead atoms. The second-order valence-corrected chi connectivity index (χ2v) is 5.18. The fraction of sp³-hybridized carbons (Fsp3) is 0.417. The molecule has 2 atom stereocenters. The maximum absolute atomic E-state index is 12.6. The highest BCUT2D eigenvalue weighted by Crippen LogP contribution is 2.34. The van der Waals surface area contributed by atoms with Crippen LogP contribution in [0.3, 0.4) is 0 Å². The van der Waals surface area contributed by atoms with Gasteiger partial charge in [-0.2, -0.15) is 13.2 Å². The van der Waals surface area contributed by atoms with Crippen LogP contribution in [0.25, 0.3) is 0 Å². The Kier molecular flexibility index (Phi) is 4.98. The van der Waals surface area contributed by atoms with Crippen LogP contribution in [-0.4, -0.2) is 11.9 Å². The first-order valence-electron chi connectivity index (χ1n) is 5.56. The Hall–Kier alpha value is -1.08. The van der Waals surface area contributed by atoms with E-state index in [-0.39, 0.29) is 11.7 Å². The average Bonchev–Trinajstić information content (AvgIpc) is 2.29. The third kappa shape index (κ3) is 4.21. The molecule has 1 amide bonds. The van der Waals surface area contributed by atoms with Crippen LogP contribution in [0.1, 0.15) is 19.4 Å². The molecule has 3 nitrogen and oxygen atoms in total. The average molecular weight is 339 g/mol. The first kappa shape index (κ1) is 16.0. The largest absolute Gasteiger partial charge is 0.416 e. The zero-order valence-electron chi connectivity index (χ0n) is 10.4. The molecule has 2 unspecified atom stereocenters. The fourth-order valence-corrected chi connectivity index (χ4v) is 1.63. The van der Waals surface area contributed by atoms with Crippen LogP contribution in [0.5, 0.6) is 0 Å². The highest BCUT2D eigenvalue weighted by atomic mass is 79.9. The van der Waals surface area contributed by atoms with Crippen molar-refractivity contribution in [1.29, 1.82) is 0 Å². The zero-order valence-corrected chi connectivity index (χ0v) is 12.0. The lowest BCUT2D eigenvalue weighted by Crippen LogP contribution is -2.34. The van der Waals surface area contributed by atoms with Crippen molar-refractivity contribution >= 4 is 27.5 Å². The third-order valence-corrected chi connectivity index (χ3v) is 3.45. The van der Waals surface area contributed by atoms with Crippen molar-refractivity contribution < 1.29 is 18.0 Å². The van der Waals surface area contributed by atoms with Gasteiger partial charge in [-0.15, -0.1) is 0 Å². The number of carbonyl (C=O) groups excluding carboxylic acids is 1. The molecule has 1 aromatic rings. The van der Waals surface area contributed by atoms with Gasteiger partial charge in [-0.1, -0.05) is 6.92 Å². The van der Waals surface area contributed by atoms with Crippen LogP contribution in [0, 0.1) is 5.92 Å². The van der Waals surface area contributed by atoms with E-state index >= 15 is 0 Å². The van der Waals surface area contributed by atoms with E-state index in [1.165, 1.54) is 6.07 Å². The van der Waals surface area contributed by atoms with Gasteiger partial charge in [-0.25, -0.2) is 0 Å². The Morgan fingerprint density at radius 2 is 1.95 bits per heavy atom. The van der Waals surface area contributed by atoms with Gasteiger partial charge in [-0.3, -0.25) is 4.79 Å². The summed E-state index contributed by atoms with van der Waals surface area (Å²) in [6.07, 6.45) is -4.45. The number of hydrogen-bond donors (Lipinski definition) is 2. The van der Waals surface area contributed by atoms with Crippen LogP contribution in [-0.2, 0) is 11.0 Å². The van der Waals surface area contributed by atoms with Gasteiger partial charge in [0, 0.05) is 10.5 Å². The summed E-state index contributed by atoms with van der Waals surface area (Å²) in [4.78, 5) is 11.8. The van der Waals surface area contributed by atoms with Crippen molar-refractivity contribution in [3.8, 4) is 0 Å². The fourth-order valence-electron chi connectivity index (χ4n) is 1.28. The number of nitrogens with one attached hydrogen (secondary N) is 1. The number of amides is 1. The molecule has 0 aromatic heterocycles. The lowest BCUT2D eigenvalue weighted by Gasteiger charge is -2.17. The van der Waals surface area contributed by atoms with Crippen molar-refractivity contribution in [2.75, 3.05) is 5.32 Å². The smallest absolute Gasteiger partial charge is 0.327 e. The Morgan fingerprint density at radius 3 is 2.42 bits per heavy atom. The van der Waals surface area contributed by atoms with Crippen LogP contribution >= 0.6 is 15.9 Å². The summed E-state index contributed by atoms with van der Waals surface area (Å²) in [6.45, 7) is 3.27. The van der Waals surface area contributed by atoms with Crippen LogP contribution in [0.15, 0.2) is 22.7 Å². The summed E-state index contributed by atoms with van der Waals surface area (Å²) < 4.78 is 38.1. The molecule has 0 spiro atoms. The standard InChI is InChI=1S/C12H14BrF3N2O/c1-6(7(2)17)11(19)18-10-5-8(12(14,15)16)3-4-9(10)13/h3-7H,17H2,1-2H3,(H,18,19). The molecule has 7 heteroatoms. The summed E-state index contributed by atoms with van der Waals surface area (Å²) in [6, 6.07) is 2.68. The van der Waals surface area contributed by atoms with Gasteiger partial charge in [0.05, 0.1) is 17.2 Å². The number of benzene rings is 1. The maximum atomic E-state index is 12.6. The van der Waals surface area contributed by atoms with Crippen molar-refractivity contribution in [3.63, 3.8) is 0 Å². The summed E-state index contributed by atoms with van der Waals surface area (Å²) in [5.41, 5.74) is 4.83. The molecule has 0 aliphatic rings. The van der Waals surface area contributed by atoms with Crippen molar-refractivity contribution in [2.45, 2.75) is 26.1 Å². The third-order valence-electron chi connectivity index (χ3n) is 2.75. The van der Waals surface area contributed by atoms with Gasteiger partial charge in [-0.05, 0) is 41.1 Å². The number of anilines is 1. The summed E-state index contributed by atoms with van der Waals surface area (Å²) in [5, 5.41) is 2.44. The molecule has 0 aliphatic heterocycles. The van der Waals surface area contributed by atoms with Gasteiger partial charge in [0.2, 0.25) is 5.91 Å². The van der Waals surface area contributed by atoms with E-state index in [4.69, 9.17) is 5.73 Å². The minimum Gasteiger partial charge on any atom is -0.327 e. The molecule has 0 aliphatic carbocycles. The topological polar surface area (TPSA) is 55.1 Å². The van der Waals surface area contributed by atoms with Gasteiger partial charge >= 0.3 is 6.18 Å². The molecule has 0 radical (unpaired) electrons. The summed E-state index contributed by atoms with van der Waals surface area (Å²) in [7, 11) is 0. The van der Waals surface area contributed by atoms with Crippen molar-refractivity contribution in [3.05, 3.63) is 28.2 Å². The Morgan fingerprint density at radius 1 is 1.37 bits per heavy atom. The van der Waals surface area contributed by atoms with Gasteiger partial charge < -0.3 is 11.1 Å². The van der Waals surface area contributed by atoms with E-state index in [0.29, 0.717) is 4.47 Å². The van der Waals surface area contributed by atoms with Crippen molar-refractivity contribution in [2.24, 2.45) is 11.7 Å². The second kappa shape index (κ2) is 5.92. The lowest BCUT2D eigenvalue weighted by molar-refractivity contribution is -0.137. The second-order valence-electron chi connectivity index (χ2n) is 4.33. The molecule has 1 rings (SSSR count). The molecular formula is C12H14BrF3N2O. The van der Waals surface area contributed by atoms with E-state index < -0.39 is 23.6 Å². The highest BCUT2D eigenvalue weighted by Gasteiger charge is 2.31. The predicted octanol–water partition coefficient (Wildman–Crippen LogP) is 3.39. The predicted molar refractivity (Wildman–Crippen MR) is 70.6 cm³/mol. The Bertz CT molecular complexity index is 475. The molecule has 0 heterocycles. The molecular weight excluding hydrogens is 325 g/mol.